The van der Waals surface area contributed by atoms with Crippen LogP contribution >= 0.6 is 11.3 Å². The van der Waals surface area contributed by atoms with E-state index in [1.165, 1.54) is 4.88 Å². The molecule has 3 nitrogen and oxygen atoms in total. The molecule has 0 fully saturated rings. The number of aromatic amines is 1. The molecule has 23 heavy (non-hydrogen) atoms. The van der Waals surface area contributed by atoms with E-state index in [0.717, 1.165) is 22.2 Å². The summed E-state index contributed by atoms with van der Waals surface area (Å²) in [4.78, 5) is 16.7. The molecule has 0 spiro atoms. The van der Waals surface area contributed by atoms with E-state index < -0.39 is 0 Å². The lowest BCUT2D eigenvalue weighted by Gasteiger charge is -2.06. The fourth-order valence-electron chi connectivity index (χ4n) is 2.56. The summed E-state index contributed by atoms with van der Waals surface area (Å²) < 4.78 is 0. The number of carbonyl (C=O) groups excluding carboxylic acids is 1. The van der Waals surface area contributed by atoms with Gasteiger partial charge in [0.15, 0.2) is 0 Å². The predicted octanol–water partition coefficient (Wildman–Crippen LogP) is 5.15. The van der Waals surface area contributed by atoms with Gasteiger partial charge in [-0.05, 0) is 53.4 Å². The van der Waals surface area contributed by atoms with Gasteiger partial charge in [-0.15, -0.1) is 11.3 Å². The number of amides is 1. The van der Waals surface area contributed by atoms with Crippen LogP contribution in [0.3, 0.4) is 0 Å². The van der Waals surface area contributed by atoms with Crippen molar-refractivity contribution in [2.45, 2.75) is 0 Å². The van der Waals surface area contributed by atoms with Crippen molar-refractivity contribution in [1.82, 2.24) is 4.98 Å². The van der Waals surface area contributed by atoms with Crippen molar-refractivity contribution in [3.05, 3.63) is 77.8 Å². The Morgan fingerprint density at radius 1 is 1.00 bits per heavy atom. The third-order valence-corrected chi connectivity index (χ3v) is 4.68. The van der Waals surface area contributed by atoms with Crippen LogP contribution in [0.4, 0.5) is 5.69 Å². The largest absolute Gasteiger partial charge is 0.361 e. The van der Waals surface area contributed by atoms with Crippen molar-refractivity contribution in [2.75, 3.05) is 5.32 Å². The van der Waals surface area contributed by atoms with Gasteiger partial charge in [-0.2, -0.15) is 0 Å². The zero-order valence-corrected chi connectivity index (χ0v) is 13.1. The average molecular weight is 318 g/mol. The molecule has 0 aliphatic rings. The van der Waals surface area contributed by atoms with Gasteiger partial charge in [-0.3, -0.25) is 4.79 Å². The van der Waals surface area contributed by atoms with Gasteiger partial charge in [0, 0.05) is 33.2 Å². The van der Waals surface area contributed by atoms with E-state index in [9.17, 15) is 4.79 Å². The number of benzene rings is 2. The normalized spacial score (nSPS) is 10.8. The highest BCUT2D eigenvalue weighted by Gasteiger charge is 2.07. The molecule has 2 heterocycles. The van der Waals surface area contributed by atoms with Crippen LogP contribution in [-0.2, 0) is 0 Å². The standard InChI is InChI=1S/C19H14N2OS/c22-19(21-16-7-8-17-15(12-16)9-10-20-17)14-5-3-13(4-6-14)18-2-1-11-23-18/h1-12,20H,(H,21,22). The topological polar surface area (TPSA) is 44.9 Å². The Hall–Kier alpha value is -2.85. The molecule has 0 radical (unpaired) electrons. The van der Waals surface area contributed by atoms with Crippen molar-refractivity contribution in [3.63, 3.8) is 0 Å². The van der Waals surface area contributed by atoms with Gasteiger partial charge in [0.25, 0.3) is 5.91 Å². The first kappa shape index (κ1) is 13.8. The zero-order chi connectivity index (χ0) is 15.6. The van der Waals surface area contributed by atoms with Crippen LogP contribution in [0.1, 0.15) is 10.4 Å². The monoisotopic (exact) mass is 318 g/mol. The third kappa shape index (κ3) is 2.76. The maximum atomic E-state index is 12.4. The molecule has 0 unspecified atom stereocenters. The number of nitrogens with one attached hydrogen (secondary N) is 2. The van der Waals surface area contributed by atoms with Gasteiger partial charge in [0.05, 0.1) is 0 Å². The van der Waals surface area contributed by atoms with Crippen LogP contribution in [0.15, 0.2) is 72.2 Å². The Labute approximate surface area is 137 Å². The zero-order valence-electron chi connectivity index (χ0n) is 12.2. The van der Waals surface area contributed by atoms with Crippen molar-refractivity contribution in [1.29, 1.82) is 0 Å². The second kappa shape index (κ2) is 5.74. The smallest absolute Gasteiger partial charge is 0.255 e. The van der Waals surface area contributed by atoms with E-state index in [1.807, 2.05) is 66.2 Å². The molecular weight excluding hydrogens is 304 g/mol. The predicted molar refractivity (Wildman–Crippen MR) is 96.0 cm³/mol. The van der Waals surface area contributed by atoms with Crippen LogP contribution < -0.4 is 5.32 Å². The molecule has 0 saturated carbocycles. The van der Waals surface area contributed by atoms with Crippen LogP contribution in [0.2, 0.25) is 0 Å². The Balaban J connectivity index is 1.54. The summed E-state index contributed by atoms with van der Waals surface area (Å²) in [6, 6.07) is 19.6. The number of thiophene rings is 1. The average Bonchev–Trinajstić information content (AvgIpc) is 3.26. The fraction of sp³-hybridized carbons (Fsp3) is 0. The molecule has 2 aromatic carbocycles. The second-order valence-corrected chi connectivity index (χ2v) is 6.24. The van der Waals surface area contributed by atoms with Gasteiger partial charge < -0.3 is 10.3 Å². The number of rotatable bonds is 3. The summed E-state index contributed by atoms with van der Waals surface area (Å²) in [5.74, 6) is -0.0994. The lowest BCUT2D eigenvalue weighted by Crippen LogP contribution is -2.11. The number of fused-ring (bicyclic) bond motifs is 1. The van der Waals surface area contributed by atoms with Crippen LogP contribution in [0.5, 0.6) is 0 Å². The third-order valence-electron chi connectivity index (χ3n) is 3.76. The summed E-state index contributed by atoms with van der Waals surface area (Å²) in [6.45, 7) is 0. The van der Waals surface area contributed by atoms with Crippen molar-refractivity contribution in [3.8, 4) is 10.4 Å². The molecule has 0 aliphatic heterocycles. The fourth-order valence-corrected chi connectivity index (χ4v) is 3.30. The van der Waals surface area contributed by atoms with Gasteiger partial charge in [-0.1, -0.05) is 18.2 Å². The second-order valence-electron chi connectivity index (χ2n) is 5.29. The quantitative estimate of drug-likeness (QED) is 0.539. The minimum absolute atomic E-state index is 0.0994. The molecule has 4 heteroatoms. The first-order chi connectivity index (χ1) is 11.3. The number of H-pyrrole nitrogens is 1. The molecule has 0 aliphatic carbocycles. The van der Waals surface area contributed by atoms with E-state index in [4.69, 9.17) is 0 Å². The molecule has 2 N–H and O–H groups in total. The van der Waals surface area contributed by atoms with Gasteiger partial charge in [0.1, 0.15) is 0 Å². The van der Waals surface area contributed by atoms with E-state index in [-0.39, 0.29) is 5.91 Å². The van der Waals surface area contributed by atoms with Crippen molar-refractivity contribution < 1.29 is 4.79 Å². The maximum Gasteiger partial charge on any atom is 0.255 e. The highest BCUT2D eigenvalue weighted by Crippen LogP contribution is 2.25. The molecule has 0 atom stereocenters. The Morgan fingerprint density at radius 3 is 2.65 bits per heavy atom. The highest BCUT2D eigenvalue weighted by atomic mass is 32.1. The highest BCUT2D eigenvalue weighted by molar-refractivity contribution is 7.13. The van der Waals surface area contributed by atoms with Gasteiger partial charge >= 0.3 is 0 Å². The summed E-state index contributed by atoms with van der Waals surface area (Å²) >= 11 is 1.69. The summed E-state index contributed by atoms with van der Waals surface area (Å²) in [5.41, 5.74) is 3.64. The lowest BCUT2D eigenvalue weighted by atomic mass is 10.1. The minimum atomic E-state index is -0.0994. The van der Waals surface area contributed by atoms with Crippen LogP contribution in [0.25, 0.3) is 21.3 Å². The molecule has 2 aromatic heterocycles. The van der Waals surface area contributed by atoms with Crippen LogP contribution in [-0.4, -0.2) is 10.9 Å². The summed E-state index contributed by atoms with van der Waals surface area (Å²) in [7, 11) is 0. The number of anilines is 1. The SMILES string of the molecule is O=C(Nc1ccc2[nH]ccc2c1)c1ccc(-c2cccs2)cc1. The Bertz CT molecular complexity index is 953. The summed E-state index contributed by atoms with van der Waals surface area (Å²) in [5, 5.41) is 6.07. The van der Waals surface area contributed by atoms with E-state index in [0.29, 0.717) is 5.56 Å². The Kier molecular flexibility index (Phi) is 3.44. The molecule has 0 saturated heterocycles. The van der Waals surface area contributed by atoms with Crippen LogP contribution in [0, 0.1) is 0 Å². The maximum absolute atomic E-state index is 12.4. The molecule has 4 aromatic rings. The Morgan fingerprint density at radius 2 is 1.87 bits per heavy atom. The van der Waals surface area contributed by atoms with Crippen molar-refractivity contribution >= 4 is 33.8 Å². The number of hydrogen-bond acceptors (Lipinski definition) is 2. The number of aromatic nitrogens is 1. The molecular formula is C19H14N2OS. The van der Waals surface area contributed by atoms with E-state index in [2.05, 4.69) is 16.4 Å². The van der Waals surface area contributed by atoms with Gasteiger partial charge in [0.2, 0.25) is 0 Å². The summed E-state index contributed by atoms with van der Waals surface area (Å²) in [6.07, 6.45) is 1.89. The molecule has 112 valence electrons. The van der Waals surface area contributed by atoms with E-state index >= 15 is 0 Å². The van der Waals surface area contributed by atoms with Gasteiger partial charge in [-0.25, -0.2) is 0 Å². The minimum Gasteiger partial charge on any atom is -0.361 e. The lowest BCUT2D eigenvalue weighted by molar-refractivity contribution is 0.102. The molecule has 4 rings (SSSR count). The first-order valence-electron chi connectivity index (χ1n) is 7.32. The van der Waals surface area contributed by atoms with Crippen molar-refractivity contribution in [2.24, 2.45) is 0 Å². The first-order valence-corrected chi connectivity index (χ1v) is 8.20. The number of hydrogen-bond donors (Lipinski definition) is 2. The number of carbonyl (C=O) groups is 1. The van der Waals surface area contributed by atoms with E-state index in [1.54, 1.807) is 11.3 Å². The molecule has 0 bridgehead atoms. The molecule has 1 amide bonds.